The number of nitrogens with one attached hydrogen (secondary N) is 1. The van der Waals surface area contributed by atoms with Crippen LogP contribution in [0.3, 0.4) is 0 Å². The van der Waals surface area contributed by atoms with E-state index in [4.69, 9.17) is 4.74 Å². The Morgan fingerprint density at radius 1 is 1.20 bits per heavy atom. The minimum absolute atomic E-state index is 0.0739. The molecular weight excluding hydrogens is 256 g/mol. The number of hydrogen-bond acceptors (Lipinski definition) is 4. The zero-order valence-corrected chi connectivity index (χ0v) is 11.7. The van der Waals surface area contributed by atoms with E-state index in [1.165, 1.54) is 12.5 Å². The molecule has 1 N–H and O–H groups in total. The monoisotopic (exact) mass is 276 g/mol. The minimum atomic E-state index is -0.265. The summed E-state index contributed by atoms with van der Waals surface area (Å²) in [7, 11) is 0. The van der Waals surface area contributed by atoms with Crippen LogP contribution < -0.4 is 5.32 Å². The highest BCUT2D eigenvalue weighted by Gasteiger charge is 2.10. The van der Waals surface area contributed by atoms with Crippen molar-refractivity contribution in [1.29, 1.82) is 0 Å². The van der Waals surface area contributed by atoms with Gasteiger partial charge < -0.3 is 10.1 Å². The fraction of sp³-hybridized carbons (Fsp3) is 0.467. The maximum absolute atomic E-state index is 11.5. The molecule has 0 unspecified atom stereocenters. The number of Topliss-reactive ketones (excluding diaryl/α,β-unsaturated/α-hetero) is 1. The number of amides is 1. The topological polar surface area (TPSA) is 58.6 Å². The number of morpholine rings is 1. The van der Waals surface area contributed by atoms with Crippen LogP contribution in [0.2, 0.25) is 0 Å². The summed E-state index contributed by atoms with van der Waals surface area (Å²) in [5.74, 6) is -0.398. The molecule has 5 heteroatoms. The molecule has 108 valence electrons. The molecule has 0 saturated carbocycles. The molecule has 0 spiro atoms. The summed E-state index contributed by atoms with van der Waals surface area (Å²) in [4.78, 5) is 24.7. The summed E-state index contributed by atoms with van der Waals surface area (Å²) in [6.45, 7) is 5.79. The van der Waals surface area contributed by atoms with Crippen LogP contribution in [0.25, 0.3) is 0 Å². The number of benzene rings is 1. The maximum atomic E-state index is 11.5. The quantitative estimate of drug-likeness (QED) is 0.827. The molecule has 0 bridgehead atoms. The molecule has 1 aliphatic heterocycles. The lowest BCUT2D eigenvalue weighted by Crippen LogP contribution is -2.35. The van der Waals surface area contributed by atoms with Crippen LogP contribution in [0.4, 0.5) is 5.69 Å². The van der Waals surface area contributed by atoms with Crippen LogP contribution in [0.5, 0.6) is 0 Å². The molecule has 0 aromatic heterocycles. The normalized spacial score (nSPS) is 15.8. The van der Waals surface area contributed by atoms with E-state index in [9.17, 15) is 9.59 Å². The van der Waals surface area contributed by atoms with Gasteiger partial charge in [0, 0.05) is 25.3 Å². The van der Waals surface area contributed by atoms with Crippen molar-refractivity contribution in [3.8, 4) is 0 Å². The van der Waals surface area contributed by atoms with Gasteiger partial charge in [-0.3, -0.25) is 14.5 Å². The number of carbonyl (C=O) groups excluding carboxylic acids is 2. The third-order valence-corrected chi connectivity index (χ3v) is 3.16. The summed E-state index contributed by atoms with van der Waals surface area (Å²) in [5, 5.41) is 2.71. The lowest BCUT2D eigenvalue weighted by molar-refractivity contribution is -0.124. The standard InChI is InChI=1S/C15H20N2O3/c1-12(18)10-15(19)16-14-4-2-13(3-5-14)11-17-6-8-20-9-7-17/h2-5H,6-11H2,1H3,(H,16,19). The molecule has 1 saturated heterocycles. The van der Waals surface area contributed by atoms with E-state index in [2.05, 4.69) is 10.2 Å². The molecule has 1 amide bonds. The Kier molecular flexibility index (Phi) is 5.26. The molecule has 2 rings (SSSR count). The predicted molar refractivity (Wildman–Crippen MR) is 76.5 cm³/mol. The molecule has 1 aromatic carbocycles. The molecule has 0 atom stereocenters. The summed E-state index contributed by atoms with van der Waals surface area (Å²) >= 11 is 0. The first-order valence-corrected chi connectivity index (χ1v) is 6.82. The molecule has 0 radical (unpaired) electrons. The van der Waals surface area contributed by atoms with E-state index < -0.39 is 0 Å². The van der Waals surface area contributed by atoms with Crippen molar-refractivity contribution < 1.29 is 14.3 Å². The summed E-state index contributed by atoms with van der Waals surface area (Å²) in [6, 6.07) is 7.74. The van der Waals surface area contributed by atoms with Crippen molar-refractivity contribution in [2.45, 2.75) is 19.9 Å². The van der Waals surface area contributed by atoms with Crippen LogP contribution in [-0.4, -0.2) is 42.9 Å². The second-order valence-corrected chi connectivity index (χ2v) is 5.01. The average molecular weight is 276 g/mol. The zero-order valence-electron chi connectivity index (χ0n) is 11.7. The van der Waals surface area contributed by atoms with E-state index in [0.29, 0.717) is 0 Å². The van der Waals surface area contributed by atoms with Crippen LogP contribution in [0, 0.1) is 0 Å². The Balaban J connectivity index is 1.85. The van der Waals surface area contributed by atoms with Gasteiger partial charge in [0.2, 0.25) is 5.91 Å². The van der Waals surface area contributed by atoms with Crippen LogP contribution >= 0.6 is 0 Å². The largest absolute Gasteiger partial charge is 0.379 e. The van der Waals surface area contributed by atoms with E-state index >= 15 is 0 Å². The first-order chi connectivity index (χ1) is 9.63. The van der Waals surface area contributed by atoms with Crippen molar-refractivity contribution in [3.63, 3.8) is 0 Å². The molecule has 0 aliphatic carbocycles. The fourth-order valence-corrected chi connectivity index (χ4v) is 2.14. The highest BCUT2D eigenvalue weighted by Crippen LogP contribution is 2.12. The van der Waals surface area contributed by atoms with Crippen molar-refractivity contribution in [3.05, 3.63) is 29.8 Å². The third kappa shape index (κ3) is 4.75. The first kappa shape index (κ1) is 14.7. The Morgan fingerprint density at radius 2 is 1.85 bits per heavy atom. The fourth-order valence-electron chi connectivity index (χ4n) is 2.14. The van der Waals surface area contributed by atoms with Gasteiger partial charge in [-0.05, 0) is 24.6 Å². The number of rotatable bonds is 5. The van der Waals surface area contributed by atoms with Crippen LogP contribution in [0.15, 0.2) is 24.3 Å². The Morgan fingerprint density at radius 3 is 2.45 bits per heavy atom. The van der Waals surface area contributed by atoms with E-state index in [-0.39, 0.29) is 18.1 Å². The molecule has 1 heterocycles. The van der Waals surface area contributed by atoms with E-state index in [1.54, 1.807) is 0 Å². The molecule has 1 fully saturated rings. The smallest absolute Gasteiger partial charge is 0.231 e. The minimum Gasteiger partial charge on any atom is -0.379 e. The average Bonchev–Trinajstić information content (AvgIpc) is 2.41. The summed E-state index contributed by atoms with van der Waals surface area (Å²) < 4.78 is 5.32. The number of ketones is 1. The lowest BCUT2D eigenvalue weighted by atomic mass is 10.2. The van der Waals surface area contributed by atoms with E-state index in [1.807, 2.05) is 24.3 Å². The van der Waals surface area contributed by atoms with Gasteiger partial charge in [-0.25, -0.2) is 0 Å². The van der Waals surface area contributed by atoms with Gasteiger partial charge in [0.15, 0.2) is 0 Å². The molecule has 1 aromatic rings. The van der Waals surface area contributed by atoms with Gasteiger partial charge in [0.05, 0.1) is 19.6 Å². The maximum Gasteiger partial charge on any atom is 0.231 e. The molecule has 1 aliphatic rings. The van der Waals surface area contributed by atoms with Crippen molar-refractivity contribution >= 4 is 17.4 Å². The molecule has 5 nitrogen and oxygen atoms in total. The number of hydrogen-bond donors (Lipinski definition) is 1. The van der Waals surface area contributed by atoms with Gasteiger partial charge in [-0.1, -0.05) is 12.1 Å². The van der Waals surface area contributed by atoms with Gasteiger partial charge in [0.25, 0.3) is 0 Å². The zero-order chi connectivity index (χ0) is 14.4. The second-order valence-electron chi connectivity index (χ2n) is 5.01. The first-order valence-electron chi connectivity index (χ1n) is 6.82. The van der Waals surface area contributed by atoms with Gasteiger partial charge in [-0.15, -0.1) is 0 Å². The summed E-state index contributed by atoms with van der Waals surface area (Å²) in [6.07, 6.45) is -0.0739. The van der Waals surface area contributed by atoms with Crippen molar-refractivity contribution in [2.24, 2.45) is 0 Å². The predicted octanol–water partition coefficient (Wildman–Crippen LogP) is 1.44. The number of nitrogens with zero attached hydrogens (tertiary/aromatic N) is 1. The van der Waals surface area contributed by atoms with Gasteiger partial charge in [-0.2, -0.15) is 0 Å². The Bertz CT molecular complexity index is 465. The Hall–Kier alpha value is -1.72. The lowest BCUT2D eigenvalue weighted by Gasteiger charge is -2.26. The molecule has 20 heavy (non-hydrogen) atoms. The van der Waals surface area contributed by atoms with Crippen LogP contribution in [-0.2, 0) is 20.9 Å². The van der Waals surface area contributed by atoms with Gasteiger partial charge in [0.1, 0.15) is 5.78 Å². The summed E-state index contributed by atoms with van der Waals surface area (Å²) in [5.41, 5.74) is 1.93. The van der Waals surface area contributed by atoms with Gasteiger partial charge >= 0.3 is 0 Å². The molecular formula is C15H20N2O3. The van der Waals surface area contributed by atoms with E-state index in [0.717, 1.165) is 38.5 Å². The van der Waals surface area contributed by atoms with Crippen molar-refractivity contribution in [2.75, 3.05) is 31.6 Å². The highest BCUT2D eigenvalue weighted by atomic mass is 16.5. The van der Waals surface area contributed by atoms with Crippen LogP contribution in [0.1, 0.15) is 18.9 Å². The second kappa shape index (κ2) is 7.17. The number of anilines is 1. The SMILES string of the molecule is CC(=O)CC(=O)Nc1ccc(CN2CCOCC2)cc1. The third-order valence-electron chi connectivity index (χ3n) is 3.16. The highest BCUT2D eigenvalue weighted by molar-refractivity contribution is 6.03. The number of ether oxygens (including phenoxy) is 1. The Labute approximate surface area is 118 Å². The number of carbonyl (C=O) groups is 2. The van der Waals surface area contributed by atoms with Crippen molar-refractivity contribution in [1.82, 2.24) is 4.90 Å².